The number of methoxy groups -OCH3 is 1. The Morgan fingerprint density at radius 1 is 0.939 bits per heavy atom. The lowest BCUT2D eigenvalue weighted by Crippen LogP contribution is -2.17. The summed E-state index contributed by atoms with van der Waals surface area (Å²) < 4.78 is 16.1. The van der Waals surface area contributed by atoms with E-state index >= 15 is 0 Å². The molecule has 1 aliphatic heterocycles. The lowest BCUT2D eigenvalue weighted by molar-refractivity contribution is -0.129. The maximum absolute atomic E-state index is 12.3. The predicted octanol–water partition coefficient (Wildman–Crippen LogP) is 4.11. The lowest BCUT2D eigenvalue weighted by Gasteiger charge is -2.08. The second-order valence-corrected chi connectivity index (χ2v) is 7.25. The minimum Gasteiger partial charge on any atom is -0.493 e. The highest BCUT2D eigenvalue weighted by molar-refractivity contribution is 5.95. The molecule has 0 spiro atoms. The van der Waals surface area contributed by atoms with Gasteiger partial charge in [0.2, 0.25) is 0 Å². The second-order valence-electron chi connectivity index (χ2n) is 7.25. The Kier molecular flexibility index (Phi) is 6.92. The molecule has 3 aromatic rings. The molecule has 0 fully saturated rings. The highest BCUT2D eigenvalue weighted by Gasteiger charge is 2.14. The molecule has 7 heteroatoms. The molecule has 3 aromatic carbocycles. The highest BCUT2D eigenvalue weighted by atomic mass is 16.6. The van der Waals surface area contributed by atoms with E-state index in [2.05, 4.69) is 10.5 Å². The number of fused-ring (bicyclic) bond motifs is 1. The van der Waals surface area contributed by atoms with E-state index in [0.717, 1.165) is 16.7 Å². The molecule has 1 N–H and O–H groups in total. The van der Waals surface area contributed by atoms with E-state index in [1.165, 1.54) is 19.4 Å². The fraction of sp³-hybridized carbons (Fsp3) is 0.115. The quantitative estimate of drug-likeness (QED) is 0.196. The molecule has 33 heavy (non-hydrogen) atoms. The van der Waals surface area contributed by atoms with Crippen molar-refractivity contribution < 1.29 is 23.8 Å². The van der Waals surface area contributed by atoms with Crippen molar-refractivity contribution >= 4 is 24.2 Å². The van der Waals surface area contributed by atoms with Gasteiger partial charge in [-0.15, -0.1) is 0 Å². The Labute approximate surface area is 191 Å². The van der Waals surface area contributed by atoms with Gasteiger partial charge in [-0.1, -0.05) is 36.4 Å². The van der Waals surface area contributed by atoms with Crippen LogP contribution in [0.2, 0.25) is 0 Å². The molecule has 0 radical (unpaired) electrons. The Balaban J connectivity index is 1.37. The Morgan fingerprint density at radius 3 is 2.58 bits per heavy atom. The van der Waals surface area contributed by atoms with Gasteiger partial charge in [0.05, 0.1) is 26.5 Å². The molecule has 1 aliphatic rings. The molecule has 4 rings (SSSR count). The molecule has 1 heterocycles. The minimum absolute atomic E-state index is 0.279. The van der Waals surface area contributed by atoms with Crippen LogP contribution in [0.15, 0.2) is 77.9 Å². The number of ether oxygens (including phenoxy) is 3. The normalized spacial score (nSPS) is 12.6. The van der Waals surface area contributed by atoms with Gasteiger partial charge < -0.3 is 14.2 Å². The molecule has 0 atom stereocenters. The number of nitrogens with zero attached hydrogens (tertiary/aromatic N) is 1. The third kappa shape index (κ3) is 5.72. The average Bonchev–Trinajstić information content (AvgIpc) is 3.32. The lowest BCUT2D eigenvalue weighted by atomic mass is 10.1. The van der Waals surface area contributed by atoms with Gasteiger partial charge in [0.25, 0.3) is 5.91 Å². The standard InChI is InChI=1S/C26H22N2O5/c1-31-24-13-19(7-11-23(24)33-25(29)12-8-18-5-3-2-4-6-18)15-27-28-26(30)20-9-10-21-16-32-17-22(21)14-20/h2-15H,16-17H2,1H3,(H,28,30)/b12-8+,27-15?. The van der Waals surface area contributed by atoms with Gasteiger partial charge in [0.1, 0.15) is 0 Å². The zero-order valence-electron chi connectivity index (χ0n) is 18.0. The summed E-state index contributed by atoms with van der Waals surface area (Å²) in [5.41, 5.74) is 6.69. The molecular formula is C26H22N2O5. The summed E-state index contributed by atoms with van der Waals surface area (Å²) in [6, 6.07) is 19.9. The number of nitrogens with one attached hydrogen (secondary N) is 1. The second kappa shape index (κ2) is 10.4. The monoisotopic (exact) mass is 442 g/mol. The van der Waals surface area contributed by atoms with E-state index in [9.17, 15) is 9.59 Å². The maximum atomic E-state index is 12.3. The van der Waals surface area contributed by atoms with E-state index in [1.807, 2.05) is 42.5 Å². The topological polar surface area (TPSA) is 86.2 Å². The zero-order chi connectivity index (χ0) is 23.0. The first-order valence-corrected chi connectivity index (χ1v) is 10.3. The fourth-order valence-electron chi connectivity index (χ4n) is 3.26. The predicted molar refractivity (Wildman–Crippen MR) is 124 cm³/mol. The van der Waals surface area contributed by atoms with Crippen LogP contribution in [0.5, 0.6) is 11.5 Å². The van der Waals surface area contributed by atoms with Gasteiger partial charge in [0, 0.05) is 11.6 Å². The van der Waals surface area contributed by atoms with Gasteiger partial charge in [0.15, 0.2) is 11.5 Å². The van der Waals surface area contributed by atoms with Crippen LogP contribution in [0, 0.1) is 0 Å². The van der Waals surface area contributed by atoms with Crippen LogP contribution in [-0.4, -0.2) is 25.2 Å². The van der Waals surface area contributed by atoms with E-state index in [-0.39, 0.29) is 11.7 Å². The van der Waals surface area contributed by atoms with Crippen molar-refractivity contribution in [2.75, 3.05) is 7.11 Å². The first-order chi connectivity index (χ1) is 16.1. The SMILES string of the molecule is COc1cc(C=NNC(=O)c2ccc3c(c2)COC3)ccc1OC(=O)/C=C/c1ccccc1. The summed E-state index contributed by atoms with van der Waals surface area (Å²) in [6.07, 6.45) is 4.51. The van der Waals surface area contributed by atoms with Crippen molar-refractivity contribution in [3.8, 4) is 11.5 Å². The van der Waals surface area contributed by atoms with Gasteiger partial charge in [-0.3, -0.25) is 4.79 Å². The molecule has 0 unspecified atom stereocenters. The molecule has 1 amide bonds. The summed E-state index contributed by atoms with van der Waals surface area (Å²) in [4.78, 5) is 24.5. The van der Waals surface area contributed by atoms with Crippen LogP contribution in [0.25, 0.3) is 6.08 Å². The average molecular weight is 442 g/mol. The van der Waals surface area contributed by atoms with Crippen LogP contribution in [-0.2, 0) is 22.7 Å². The van der Waals surface area contributed by atoms with Crippen molar-refractivity contribution in [2.24, 2.45) is 5.10 Å². The molecule has 0 aromatic heterocycles. The van der Waals surface area contributed by atoms with Crippen molar-refractivity contribution in [3.05, 3.63) is 101 Å². The van der Waals surface area contributed by atoms with Crippen molar-refractivity contribution in [3.63, 3.8) is 0 Å². The first-order valence-electron chi connectivity index (χ1n) is 10.3. The van der Waals surface area contributed by atoms with Crippen LogP contribution >= 0.6 is 0 Å². The molecule has 7 nitrogen and oxygen atoms in total. The van der Waals surface area contributed by atoms with Crippen molar-refractivity contribution in [1.29, 1.82) is 0 Å². The van der Waals surface area contributed by atoms with E-state index in [1.54, 1.807) is 30.3 Å². The zero-order valence-corrected chi connectivity index (χ0v) is 18.0. The van der Waals surface area contributed by atoms with Crippen LogP contribution in [0.3, 0.4) is 0 Å². The smallest absolute Gasteiger partial charge is 0.336 e. The first kappa shape index (κ1) is 22.0. The maximum Gasteiger partial charge on any atom is 0.336 e. The van der Waals surface area contributed by atoms with E-state index < -0.39 is 5.97 Å². The Morgan fingerprint density at radius 2 is 1.76 bits per heavy atom. The third-order valence-electron chi connectivity index (χ3n) is 4.97. The van der Waals surface area contributed by atoms with E-state index in [4.69, 9.17) is 14.2 Å². The summed E-state index contributed by atoms with van der Waals surface area (Å²) in [7, 11) is 1.48. The molecule has 0 bridgehead atoms. The Hall–Kier alpha value is -4.23. The number of carbonyl (C=O) groups is 2. The highest BCUT2D eigenvalue weighted by Crippen LogP contribution is 2.28. The number of rotatable bonds is 7. The summed E-state index contributed by atoms with van der Waals surface area (Å²) >= 11 is 0. The molecular weight excluding hydrogens is 420 g/mol. The number of amides is 1. The number of hydrogen-bond donors (Lipinski definition) is 1. The largest absolute Gasteiger partial charge is 0.493 e. The van der Waals surface area contributed by atoms with Crippen LogP contribution in [0.4, 0.5) is 0 Å². The number of esters is 1. The summed E-state index contributed by atoms with van der Waals surface area (Å²) in [5.74, 6) is -0.193. The fourth-order valence-corrected chi connectivity index (χ4v) is 3.26. The van der Waals surface area contributed by atoms with Crippen molar-refractivity contribution in [2.45, 2.75) is 13.2 Å². The van der Waals surface area contributed by atoms with Crippen LogP contribution < -0.4 is 14.9 Å². The van der Waals surface area contributed by atoms with Gasteiger partial charge in [-0.2, -0.15) is 5.10 Å². The Bertz CT molecular complexity index is 1220. The molecule has 0 aliphatic carbocycles. The number of benzene rings is 3. The van der Waals surface area contributed by atoms with Gasteiger partial charge in [-0.25, -0.2) is 10.2 Å². The van der Waals surface area contributed by atoms with E-state index in [0.29, 0.717) is 30.1 Å². The van der Waals surface area contributed by atoms with Crippen LogP contribution in [0.1, 0.15) is 32.6 Å². The van der Waals surface area contributed by atoms with Gasteiger partial charge >= 0.3 is 5.97 Å². The summed E-state index contributed by atoms with van der Waals surface area (Å²) in [6.45, 7) is 1.09. The minimum atomic E-state index is -0.523. The van der Waals surface area contributed by atoms with Gasteiger partial charge in [-0.05, 0) is 58.7 Å². The summed E-state index contributed by atoms with van der Waals surface area (Å²) in [5, 5.41) is 4.01. The molecule has 166 valence electrons. The molecule has 0 saturated carbocycles. The molecule has 0 saturated heterocycles. The number of carbonyl (C=O) groups excluding carboxylic acids is 2. The number of hydrazone groups is 1. The third-order valence-corrected chi connectivity index (χ3v) is 4.97. The number of hydrogen-bond acceptors (Lipinski definition) is 6. The van der Waals surface area contributed by atoms with Crippen molar-refractivity contribution in [1.82, 2.24) is 5.43 Å².